The first-order chi connectivity index (χ1) is 11.6. The van der Waals surface area contributed by atoms with E-state index in [1.807, 2.05) is 30.3 Å². The summed E-state index contributed by atoms with van der Waals surface area (Å²) in [6.45, 7) is 0. The lowest BCUT2D eigenvalue weighted by Gasteiger charge is -2.18. The quantitative estimate of drug-likeness (QED) is 0.571. The van der Waals surface area contributed by atoms with E-state index in [1.165, 1.54) is 0 Å². The van der Waals surface area contributed by atoms with Gasteiger partial charge in [0.05, 0.1) is 0 Å². The number of hydrogen-bond acceptors (Lipinski definition) is 4. The Balaban J connectivity index is 1.77. The van der Waals surface area contributed by atoms with Crippen LogP contribution in [0.25, 0.3) is 0 Å². The molecule has 4 rings (SSSR count). The predicted octanol–water partition coefficient (Wildman–Crippen LogP) is 3.84. The highest BCUT2D eigenvalue weighted by molar-refractivity contribution is 6.28. The second-order valence-electron chi connectivity index (χ2n) is 5.59. The van der Waals surface area contributed by atoms with Crippen molar-refractivity contribution in [2.24, 2.45) is 0 Å². The highest BCUT2D eigenvalue weighted by Gasteiger charge is 2.30. The number of rotatable bonds is 2. The molecule has 0 unspecified atom stereocenters. The Kier molecular flexibility index (Phi) is 3.17. The van der Waals surface area contributed by atoms with Crippen LogP contribution in [0.4, 0.5) is 5.69 Å². The maximum absolute atomic E-state index is 12.7. The first-order valence-corrected chi connectivity index (χ1v) is 7.49. The third-order valence-electron chi connectivity index (χ3n) is 3.99. The number of ether oxygens (including phenoxy) is 1. The van der Waals surface area contributed by atoms with E-state index in [1.54, 1.807) is 36.4 Å². The molecule has 24 heavy (non-hydrogen) atoms. The minimum Gasteiger partial charge on any atom is -0.457 e. The number of carbonyl (C=O) groups excluding carboxylic acids is 2. The van der Waals surface area contributed by atoms with Gasteiger partial charge in [0, 0.05) is 27.9 Å². The number of para-hydroxylation sites is 1. The van der Waals surface area contributed by atoms with E-state index in [0.29, 0.717) is 39.4 Å². The van der Waals surface area contributed by atoms with Crippen molar-refractivity contribution in [3.05, 3.63) is 89.0 Å². The van der Waals surface area contributed by atoms with Gasteiger partial charge in [0.2, 0.25) is 0 Å². The standard InChI is InChI=1S/C20H13NO3/c21-12-6-8-15-17(10-12)19(22)16-9-7-14(11-18(16)20(15)23)24-13-4-2-1-3-5-13/h1-11H,21H2. The van der Waals surface area contributed by atoms with Gasteiger partial charge in [-0.2, -0.15) is 0 Å². The summed E-state index contributed by atoms with van der Waals surface area (Å²) in [6.07, 6.45) is 0. The Morgan fingerprint density at radius 3 is 1.96 bits per heavy atom. The van der Waals surface area contributed by atoms with Crippen LogP contribution in [-0.2, 0) is 0 Å². The largest absolute Gasteiger partial charge is 0.457 e. The fourth-order valence-corrected chi connectivity index (χ4v) is 2.84. The lowest BCUT2D eigenvalue weighted by atomic mass is 9.84. The molecule has 0 spiro atoms. The first-order valence-electron chi connectivity index (χ1n) is 7.49. The fourth-order valence-electron chi connectivity index (χ4n) is 2.84. The molecule has 3 aromatic rings. The third kappa shape index (κ3) is 2.25. The molecule has 0 atom stereocenters. The first kappa shape index (κ1) is 14.2. The van der Waals surface area contributed by atoms with Crippen LogP contribution in [0.15, 0.2) is 66.7 Å². The smallest absolute Gasteiger partial charge is 0.194 e. The molecule has 0 radical (unpaired) electrons. The fraction of sp³-hybridized carbons (Fsp3) is 0. The molecule has 2 N–H and O–H groups in total. The molecule has 0 bridgehead atoms. The summed E-state index contributed by atoms with van der Waals surface area (Å²) >= 11 is 0. The van der Waals surface area contributed by atoms with Gasteiger partial charge < -0.3 is 10.5 Å². The number of fused-ring (bicyclic) bond motifs is 2. The Hall–Kier alpha value is -3.40. The van der Waals surface area contributed by atoms with Crippen LogP contribution in [0.3, 0.4) is 0 Å². The number of anilines is 1. The van der Waals surface area contributed by atoms with Gasteiger partial charge >= 0.3 is 0 Å². The molecule has 3 aromatic carbocycles. The van der Waals surface area contributed by atoms with E-state index in [4.69, 9.17) is 10.5 Å². The van der Waals surface area contributed by atoms with Crippen LogP contribution in [0, 0.1) is 0 Å². The maximum Gasteiger partial charge on any atom is 0.194 e. The minimum absolute atomic E-state index is 0.196. The molecule has 0 saturated heterocycles. The van der Waals surface area contributed by atoms with Crippen molar-refractivity contribution < 1.29 is 14.3 Å². The molecule has 0 aliphatic heterocycles. The third-order valence-corrected chi connectivity index (χ3v) is 3.99. The van der Waals surface area contributed by atoms with Crippen LogP contribution >= 0.6 is 0 Å². The Morgan fingerprint density at radius 1 is 0.625 bits per heavy atom. The number of carbonyl (C=O) groups is 2. The van der Waals surface area contributed by atoms with Gasteiger partial charge in [-0.15, -0.1) is 0 Å². The number of nitrogens with two attached hydrogens (primary N) is 1. The zero-order valence-electron chi connectivity index (χ0n) is 12.7. The van der Waals surface area contributed by atoms with Crippen molar-refractivity contribution >= 4 is 17.3 Å². The van der Waals surface area contributed by atoms with Crippen LogP contribution in [0.5, 0.6) is 11.5 Å². The van der Waals surface area contributed by atoms with Gasteiger partial charge in [0.25, 0.3) is 0 Å². The summed E-state index contributed by atoms with van der Waals surface area (Å²) in [5, 5.41) is 0. The van der Waals surface area contributed by atoms with Crippen molar-refractivity contribution in [3.8, 4) is 11.5 Å². The average Bonchev–Trinajstić information content (AvgIpc) is 2.60. The van der Waals surface area contributed by atoms with Gasteiger partial charge in [0.1, 0.15) is 11.5 Å². The molecular weight excluding hydrogens is 302 g/mol. The Morgan fingerprint density at radius 2 is 1.25 bits per heavy atom. The molecule has 1 aliphatic carbocycles. The van der Waals surface area contributed by atoms with Crippen molar-refractivity contribution in [3.63, 3.8) is 0 Å². The zero-order valence-corrected chi connectivity index (χ0v) is 12.7. The zero-order chi connectivity index (χ0) is 16.7. The van der Waals surface area contributed by atoms with Gasteiger partial charge in [0.15, 0.2) is 11.6 Å². The normalized spacial score (nSPS) is 12.5. The van der Waals surface area contributed by atoms with Crippen LogP contribution in [-0.4, -0.2) is 11.6 Å². The van der Waals surface area contributed by atoms with Crippen LogP contribution < -0.4 is 10.5 Å². The molecule has 4 nitrogen and oxygen atoms in total. The van der Waals surface area contributed by atoms with Crippen molar-refractivity contribution in [1.82, 2.24) is 0 Å². The van der Waals surface area contributed by atoms with Crippen molar-refractivity contribution in [1.29, 1.82) is 0 Å². The average molecular weight is 315 g/mol. The monoisotopic (exact) mass is 315 g/mol. The topological polar surface area (TPSA) is 69.4 Å². The Labute approximate surface area is 138 Å². The second-order valence-corrected chi connectivity index (χ2v) is 5.59. The van der Waals surface area contributed by atoms with E-state index in [2.05, 4.69) is 0 Å². The van der Waals surface area contributed by atoms with E-state index in [9.17, 15) is 9.59 Å². The molecular formula is C20H13NO3. The van der Waals surface area contributed by atoms with Gasteiger partial charge in [-0.25, -0.2) is 0 Å². The lowest BCUT2D eigenvalue weighted by molar-refractivity contribution is 0.0979. The van der Waals surface area contributed by atoms with Crippen molar-refractivity contribution in [2.45, 2.75) is 0 Å². The van der Waals surface area contributed by atoms with E-state index in [0.717, 1.165) is 0 Å². The summed E-state index contributed by atoms with van der Waals surface area (Å²) in [4.78, 5) is 25.3. The number of benzene rings is 3. The highest BCUT2D eigenvalue weighted by Crippen LogP contribution is 2.32. The van der Waals surface area contributed by atoms with Crippen LogP contribution in [0.2, 0.25) is 0 Å². The SMILES string of the molecule is Nc1ccc2c(c1)C(=O)c1ccc(Oc3ccccc3)cc1C2=O. The second kappa shape index (κ2) is 5.35. The van der Waals surface area contributed by atoms with Gasteiger partial charge in [-0.3, -0.25) is 9.59 Å². The molecule has 1 aliphatic rings. The Bertz CT molecular complexity index is 977. The predicted molar refractivity (Wildman–Crippen MR) is 90.7 cm³/mol. The molecule has 0 heterocycles. The molecule has 0 saturated carbocycles. The summed E-state index contributed by atoms with van der Waals surface area (Å²) < 4.78 is 5.75. The van der Waals surface area contributed by atoms with E-state index < -0.39 is 0 Å². The van der Waals surface area contributed by atoms with Gasteiger partial charge in [-0.1, -0.05) is 18.2 Å². The molecule has 4 heteroatoms. The molecule has 0 amide bonds. The number of hydrogen-bond donors (Lipinski definition) is 1. The van der Waals surface area contributed by atoms with E-state index in [-0.39, 0.29) is 11.6 Å². The van der Waals surface area contributed by atoms with E-state index >= 15 is 0 Å². The number of nitrogen functional groups attached to an aromatic ring is 1. The maximum atomic E-state index is 12.7. The lowest BCUT2D eigenvalue weighted by Crippen LogP contribution is -2.21. The molecule has 0 aromatic heterocycles. The summed E-state index contributed by atoms with van der Waals surface area (Å²) in [5.74, 6) is 0.788. The summed E-state index contributed by atoms with van der Waals surface area (Å²) in [7, 11) is 0. The summed E-state index contributed by atoms with van der Waals surface area (Å²) in [6, 6.07) is 19.0. The number of ketones is 2. The highest BCUT2D eigenvalue weighted by atomic mass is 16.5. The molecule has 0 fully saturated rings. The van der Waals surface area contributed by atoms with Crippen LogP contribution in [0.1, 0.15) is 31.8 Å². The molecule has 116 valence electrons. The summed E-state index contributed by atoms with van der Waals surface area (Å²) in [5.41, 5.74) is 7.65. The van der Waals surface area contributed by atoms with Gasteiger partial charge in [-0.05, 0) is 48.5 Å². The van der Waals surface area contributed by atoms with Crippen molar-refractivity contribution in [2.75, 3.05) is 5.73 Å². The minimum atomic E-state index is -0.196.